The normalized spacial score (nSPS) is 13.2. The van der Waals surface area contributed by atoms with Crippen LogP contribution in [0.1, 0.15) is 35.1 Å². The van der Waals surface area contributed by atoms with Gasteiger partial charge in [0, 0.05) is 6.42 Å². The van der Waals surface area contributed by atoms with Crippen LogP contribution in [-0.4, -0.2) is 15.3 Å². The van der Waals surface area contributed by atoms with Crippen molar-refractivity contribution in [2.45, 2.75) is 26.2 Å². The van der Waals surface area contributed by atoms with Crippen LogP contribution in [0.5, 0.6) is 0 Å². The molecular weight excluding hydrogens is 254 g/mol. The van der Waals surface area contributed by atoms with Gasteiger partial charge < -0.3 is 5.73 Å². The third kappa shape index (κ3) is 1.82. The van der Waals surface area contributed by atoms with Gasteiger partial charge in [0.05, 0.1) is 5.69 Å². The maximum atomic E-state index is 12.6. The Morgan fingerprint density at radius 1 is 1.30 bits per heavy atom. The second-order valence-electron chi connectivity index (χ2n) is 4.97. The van der Waals surface area contributed by atoms with Crippen LogP contribution in [0.4, 0.5) is 5.82 Å². The molecule has 102 valence electrons. The summed E-state index contributed by atoms with van der Waals surface area (Å²) in [6.45, 7) is 1.34. The van der Waals surface area contributed by atoms with E-state index in [0.717, 1.165) is 24.1 Å². The number of ketones is 1. The van der Waals surface area contributed by atoms with Gasteiger partial charge in [-0.15, -0.1) is 0 Å². The monoisotopic (exact) mass is 269 g/mol. The summed E-state index contributed by atoms with van der Waals surface area (Å²) in [5.74, 6) is 0.313. The minimum Gasteiger partial charge on any atom is -0.383 e. The number of benzene rings is 1. The number of Topliss-reactive ketones (excluding diaryl/α,β-unsaturated/α-hetero) is 1. The standard InChI is InChI=1S/C15H15N3O2/c1-9(19)13-14(16)17-12-8-4-6-10-5-2-3-7-11(10)18(12)15(13)20/h2-3,5,7H,4,6,8,16H2,1H3. The van der Waals surface area contributed by atoms with E-state index in [9.17, 15) is 9.59 Å². The second kappa shape index (κ2) is 4.59. The first-order valence-electron chi connectivity index (χ1n) is 6.60. The molecule has 1 aromatic carbocycles. The van der Waals surface area contributed by atoms with Crippen LogP contribution in [0.3, 0.4) is 0 Å². The smallest absolute Gasteiger partial charge is 0.271 e. The molecule has 2 N–H and O–H groups in total. The van der Waals surface area contributed by atoms with Crippen molar-refractivity contribution < 1.29 is 4.79 Å². The maximum Gasteiger partial charge on any atom is 0.271 e. The number of rotatable bonds is 1. The van der Waals surface area contributed by atoms with Crippen molar-refractivity contribution in [3.8, 4) is 5.69 Å². The molecule has 20 heavy (non-hydrogen) atoms. The minimum absolute atomic E-state index is 0.0227. The second-order valence-corrected chi connectivity index (χ2v) is 4.97. The number of carbonyl (C=O) groups excluding carboxylic acids is 1. The molecule has 0 fully saturated rings. The number of para-hydroxylation sites is 1. The molecule has 1 aliphatic rings. The molecule has 0 radical (unpaired) electrons. The fourth-order valence-electron chi connectivity index (χ4n) is 2.71. The van der Waals surface area contributed by atoms with E-state index in [-0.39, 0.29) is 22.7 Å². The van der Waals surface area contributed by atoms with Crippen molar-refractivity contribution in [3.05, 3.63) is 51.6 Å². The highest BCUT2D eigenvalue weighted by molar-refractivity contribution is 5.97. The highest BCUT2D eigenvalue weighted by Crippen LogP contribution is 2.22. The van der Waals surface area contributed by atoms with E-state index in [1.165, 1.54) is 11.5 Å². The van der Waals surface area contributed by atoms with E-state index >= 15 is 0 Å². The average Bonchev–Trinajstić information content (AvgIpc) is 2.57. The van der Waals surface area contributed by atoms with Gasteiger partial charge in [0.25, 0.3) is 5.56 Å². The summed E-state index contributed by atoms with van der Waals surface area (Å²) < 4.78 is 1.54. The third-order valence-corrected chi connectivity index (χ3v) is 3.61. The van der Waals surface area contributed by atoms with Gasteiger partial charge in [-0.05, 0) is 31.4 Å². The summed E-state index contributed by atoms with van der Waals surface area (Å²) in [7, 11) is 0. The Morgan fingerprint density at radius 3 is 2.80 bits per heavy atom. The first kappa shape index (κ1) is 12.6. The maximum absolute atomic E-state index is 12.6. The van der Waals surface area contributed by atoms with E-state index in [1.807, 2.05) is 24.3 Å². The van der Waals surface area contributed by atoms with Gasteiger partial charge in [0.15, 0.2) is 5.78 Å². The van der Waals surface area contributed by atoms with Crippen molar-refractivity contribution in [3.63, 3.8) is 0 Å². The lowest BCUT2D eigenvalue weighted by Gasteiger charge is -2.14. The minimum atomic E-state index is -0.366. The highest BCUT2D eigenvalue weighted by atomic mass is 16.1. The van der Waals surface area contributed by atoms with Crippen molar-refractivity contribution in [2.24, 2.45) is 0 Å². The SMILES string of the molecule is CC(=O)c1c(N)nc2n(c1=O)-c1ccccc1CCC2. The van der Waals surface area contributed by atoms with Crippen LogP contribution in [0.15, 0.2) is 29.1 Å². The molecule has 2 aromatic rings. The summed E-state index contributed by atoms with van der Waals surface area (Å²) in [5.41, 5.74) is 7.28. The zero-order chi connectivity index (χ0) is 14.3. The molecule has 0 saturated carbocycles. The molecule has 0 saturated heterocycles. The first-order valence-corrected chi connectivity index (χ1v) is 6.60. The Bertz CT molecular complexity index is 762. The van der Waals surface area contributed by atoms with Crippen LogP contribution in [0.25, 0.3) is 5.69 Å². The lowest BCUT2D eigenvalue weighted by atomic mass is 10.1. The average molecular weight is 269 g/mol. The molecule has 2 heterocycles. The Hall–Kier alpha value is -2.43. The van der Waals surface area contributed by atoms with E-state index in [1.54, 1.807) is 0 Å². The molecule has 0 atom stereocenters. The number of aryl methyl sites for hydroxylation is 2. The van der Waals surface area contributed by atoms with Crippen LogP contribution in [0, 0.1) is 0 Å². The molecule has 0 spiro atoms. The summed E-state index contributed by atoms with van der Waals surface area (Å²) in [6, 6.07) is 7.71. The molecule has 3 rings (SSSR count). The number of aromatic nitrogens is 2. The molecule has 0 amide bonds. The number of nitrogen functional groups attached to an aromatic ring is 1. The van der Waals surface area contributed by atoms with Gasteiger partial charge in [-0.25, -0.2) is 4.98 Å². The van der Waals surface area contributed by atoms with Gasteiger partial charge in [0.1, 0.15) is 17.2 Å². The first-order chi connectivity index (χ1) is 9.59. The van der Waals surface area contributed by atoms with Crippen molar-refractivity contribution in [1.29, 1.82) is 0 Å². The van der Waals surface area contributed by atoms with E-state index in [2.05, 4.69) is 4.98 Å². The lowest BCUT2D eigenvalue weighted by molar-refractivity contribution is 0.101. The number of hydrogen-bond donors (Lipinski definition) is 1. The fraction of sp³-hybridized carbons (Fsp3) is 0.267. The van der Waals surface area contributed by atoms with Crippen molar-refractivity contribution in [2.75, 3.05) is 5.73 Å². The molecule has 0 aliphatic carbocycles. The van der Waals surface area contributed by atoms with Crippen molar-refractivity contribution in [1.82, 2.24) is 9.55 Å². The van der Waals surface area contributed by atoms with Gasteiger partial charge in [0.2, 0.25) is 0 Å². The van der Waals surface area contributed by atoms with Gasteiger partial charge in [-0.3, -0.25) is 14.2 Å². The number of fused-ring (bicyclic) bond motifs is 3. The summed E-state index contributed by atoms with van der Waals surface area (Å²) in [4.78, 5) is 28.5. The Labute approximate surface area is 116 Å². The number of nitrogens with zero attached hydrogens (tertiary/aromatic N) is 2. The van der Waals surface area contributed by atoms with Gasteiger partial charge in [-0.2, -0.15) is 0 Å². The summed E-state index contributed by atoms with van der Waals surface area (Å²) in [6.07, 6.45) is 2.46. The highest BCUT2D eigenvalue weighted by Gasteiger charge is 2.22. The Kier molecular flexibility index (Phi) is 2.89. The van der Waals surface area contributed by atoms with E-state index < -0.39 is 0 Å². The number of anilines is 1. The van der Waals surface area contributed by atoms with E-state index in [0.29, 0.717) is 12.2 Å². The Morgan fingerprint density at radius 2 is 2.05 bits per heavy atom. The summed E-state index contributed by atoms with van der Waals surface area (Å²) >= 11 is 0. The quantitative estimate of drug-likeness (QED) is 0.796. The predicted octanol–water partition coefficient (Wildman–Crippen LogP) is 1.51. The molecule has 1 aromatic heterocycles. The molecular formula is C15H15N3O2. The van der Waals surface area contributed by atoms with Crippen LogP contribution in [-0.2, 0) is 12.8 Å². The van der Waals surface area contributed by atoms with E-state index in [4.69, 9.17) is 5.73 Å². The van der Waals surface area contributed by atoms with Crippen molar-refractivity contribution >= 4 is 11.6 Å². The molecule has 5 heteroatoms. The fourth-order valence-corrected chi connectivity index (χ4v) is 2.71. The molecule has 1 aliphatic heterocycles. The zero-order valence-electron chi connectivity index (χ0n) is 11.2. The van der Waals surface area contributed by atoms with Gasteiger partial charge >= 0.3 is 0 Å². The molecule has 5 nitrogen and oxygen atoms in total. The largest absolute Gasteiger partial charge is 0.383 e. The number of hydrogen-bond acceptors (Lipinski definition) is 4. The summed E-state index contributed by atoms with van der Waals surface area (Å²) in [5, 5.41) is 0. The number of nitrogens with two attached hydrogens (primary N) is 1. The Balaban J connectivity index is 2.40. The predicted molar refractivity (Wildman–Crippen MR) is 76.3 cm³/mol. The molecule has 0 bridgehead atoms. The number of carbonyl (C=O) groups is 1. The lowest BCUT2D eigenvalue weighted by Crippen LogP contribution is -2.30. The molecule has 0 unspecified atom stereocenters. The topological polar surface area (TPSA) is 78.0 Å². The van der Waals surface area contributed by atoms with Crippen LogP contribution in [0.2, 0.25) is 0 Å². The van der Waals surface area contributed by atoms with Gasteiger partial charge in [-0.1, -0.05) is 18.2 Å². The van der Waals surface area contributed by atoms with Crippen LogP contribution >= 0.6 is 0 Å². The zero-order valence-corrected chi connectivity index (χ0v) is 11.2. The third-order valence-electron chi connectivity index (χ3n) is 3.61. The van der Waals surface area contributed by atoms with Crippen LogP contribution < -0.4 is 11.3 Å².